The molecule has 0 bridgehead atoms. The molecule has 4 nitrogen and oxygen atoms in total. The van der Waals surface area contributed by atoms with Gasteiger partial charge in [-0.1, -0.05) is 38.1 Å². The summed E-state index contributed by atoms with van der Waals surface area (Å²) >= 11 is 0. The fraction of sp³-hybridized carbons (Fsp3) is 0.381. The molecule has 134 valence electrons. The molecule has 2 rings (SSSR count). The van der Waals surface area contributed by atoms with Gasteiger partial charge in [-0.25, -0.2) is 0 Å². The first kappa shape index (κ1) is 19.0. The lowest BCUT2D eigenvalue weighted by Crippen LogP contribution is -2.22. The Bertz CT molecular complexity index is 677. The molecule has 2 aromatic rings. The Morgan fingerprint density at radius 2 is 1.68 bits per heavy atom. The molecule has 0 aliphatic carbocycles. The summed E-state index contributed by atoms with van der Waals surface area (Å²) in [6.07, 6.45) is 0.0532. The van der Waals surface area contributed by atoms with Crippen LogP contribution in [0.1, 0.15) is 43.6 Å². The summed E-state index contributed by atoms with van der Waals surface area (Å²) in [5.74, 6) is 0.554. The van der Waals surface area contributed by atoms with Crippen LogP contribution >= 0.6 is 0 Å². The Balaban J connectivity index is 2.06. The van der Waals surface area contributed by atoms with E-state index in [-0.39, 0.29) is 12.0 Å². The maximum atomic E-state index is 12.5. The molecule has 0 saturated heterocycles. The molecule has 0 aliphatic rings. The van der Waals surface area contributed by atoms with E-state index < -0.39 is 0 Å². The molecule has 0 aromatic heterocycles. The van der Waals surface area contributed by atoms with Crippen LogP contribution in [-0.4, -0.2) is 30.0 Å². The maximum Gasteiger partial charge on any atom is 0.255 e. The lowest BCUT2D eigenvalue weighted by Gasteiger charge is -2.18. The van der Waals surface area contributed by atoms with Gasteiger partial charge in [-0.2, -0.15) is 0 Å². The predicted octanol–water partition coefficient (Wildman–Crippen LogP) is 4.57. The van der Waals surface area contributed by atoms with Gasteiger partial charge in [0.2, 0.25) is 0 Å². The van der Waals surface area contributed by atoms with Crippen molar-refractivity contribution in [1.29, 1.82) is 0 Å². The average Bonchev–Trinajstić information content (AvgIpc) is 2.61. The third kappa shape index (κ3) is 5.61. The van der Waals surface area contributed by atoms with Crippen molar-refractivity contribution in [3.8, 4) is 5.75 Å². The van der Waals surface area contributed by atoms with E-state index >= 15 is 0 Å². The van der Waals surface area contributed by atoms with Crippen LogP contribution in [0.2, 0.25) is 0 Å². The molecular formula is C21H28N2O2. The minimum atomic E-state index is -0.130. The van der Waals surface area contributed by atoms with Gasteiger partial charge in [0.1, 0.15) is 5.75 Å². The predicted molar refractivity (Wildman–Crippen MR) is 103 cm³/mol. The number of amides is 1. The second kappa shape index (κ2) is 9.23. The topological polar surface area (TPSA) is 41.6 Å². The smallest absolute Gasteiger partial charge is 0.255 e. The maximum absolute atomic E-state index is 12.5. The Labute approximate surface area is 150 Å². The Morgan fingerprint density at radius 1 is 1.04 bits per heavy atom. The van der Waals surface area contributed by atoms with E-state index in [0.29, 0.717) is 17.0 Å². The number of hydrogen-bond acceptors (Lipinski definition) is 3. The second-order valence-electron chi connectivity index (χ2n) is 6.28. The summed E-state index contributed by atoms with van der Waals surface area (Å²) in [7, 11) is 0. The monoisotopic (exact) mass is 340 g/mol. The van der Waals surface area contributed by atoms with Crippen molar-refractivity contribution in [2.24, 2.45) is 0 Å². The van der Waals surface area contributed by atoms with E-state index in [4.69, 9.17) is 4.74 Å². The molecule has 0 fully saturated rings. The van der Waals surface area contributed by atoms with Crippen LogP contribution in [0.3, 0.4) is 0 Å². The first-order valence-corrected chi connectivity index (χ1v) is 8.91. The van der Waals surface area contributed by atoms with Crippen LogP contribution < -0.4 is 10.1 Å². The van der Waals surface area contributed by atoms with E-state index in [0.717, 1.165) is 19.6 Å². The van der Waals surface area contributed by atoms with Gasteiger partial charge in [-0.3, -0.25) is 9.69 Å². The van der Waals surface area contributed by atoms with Crippen LogP contribution in [0.5, 0.6) is 5.75 Å². The van der Waals surface area contributed by atoms with E-state index in [1.165, 1.54) is 5.56 Å². The van der Waals surface area contributed by atoms with Gasteiger partial charge in [0.05, 0.1) is 11.8 Å². The third-order valence-electron chi connectivity index (χ3n) is 4.01. The molecule has 0 radical (unpaired) electrons. The van der Waals surface area contributed by atoms with Gasteiger partial charge < -0.3 is 10.1 Å². The van der Waals surface area contributed by atoms with E-state index in [1.807, 2.05) is 62.4 Å². The van der Waals surface area contributed by atoms with Crippen molar-refractivity contribution in [2.75, 3.05) is 18.4 Å². The second-order valence-corrected chi connectivity index (χ2v) is 6.28. The van der Waals surface area contributed by atoms with Crippen molar-refractivity contribution in [3.05, 3.63) is 59.7 Å². The zero-order valence-electron chi connectivity index (χ0n) is 15.6. The highest BCUT2D eigenvalue weighted by molar-refractivity contribution is 6.05. The number of nitrogens with one attached hydrogen (secondary N) is 1. The van der Waals surface area contributed by atoms with Gasteiger partial charge in [0.25, 0.3) is 5.91 Å². The molecule has 2 aromatic carbocycles. The van der Waals surface area contributed by atoms with Gasteiger partial charge in [0, 0.05) is 12.1 Å². The molecule has 0 saturated carbocycles. The lowest BCUT2D eigenvalue weighted by atomic mass is 10.1. The number of para-hydroxylation sites is 2. The highest BCUT2D eigenvalue weighted by Gasteiger charge is 2.11. The zero-order valence-corrected chi connectivity index (χ0v) is 15.6. The van der Waals surface area contributed by atoms with Crippen LogP contribution in [0.15, 0.2) is 48.5 Å². The van der Waals surface area contributed by atoms with Crippen LogP contribution in [0, 0.1) is 0 Å². The van der Waals surface area contributed by atoms with E-state index in [9.17, 15) is 4.79 Å². The van der Waals surface area contributed by atoms with Gasteiger partial charge in [-0.15, -0.1) is 0 Å². The number of ether oxygens (including phenoxy) is 1. The SMILES string of the molecule is CCN(CC)Cc1ccc(C(=O)Nc2ccccc2OC(C)C)cc1. The molecular weight excluding hydrogens is 312 g/mol. The molecule has 25 heavy (non-hydrogen) atoms. The van der Waals surface area contributed by atoms with Gasteiger partial charge in [-0.05, 0) is 56.8 Å². The van der Waals surface area contributed by atoms with Crippen LogP contribution in [0.4, 0.5) is 5.69 Å². The van der Waals surface area contributed by atoms with E-state index in [1.54, 1.807) is 0 Å². The molecule has 0 spiro atoms. The quantitative estimate of drug-likeness (QED) is 0.765. The molecule has 0 aliphatic heterocycles. The lowest BCUT2D eigenvalue weighted by molar-refractivity contribution is 0.102. The third-order valence-corrected chi connectivity index (χ3v) is 4.01. The zero-order chi connectivity index (χ0) is 18.2. The molecule has 1 N–H and O–H groups in total. The standard InChI is InChI=1S/C21H28N2O2/c1-5-23(6-2)15-17-11-13-18(14-12-17)21(24)22-19-9-7-8-10-20(19)25-16(3)4/h7-14,16H,5-6,15H2,1-4H3,(H,22,24). The Kier molecular flexibility index (Phi) is 7.02. The number of nitrogens with zero attached hydrogens (tertiary/aromatic N) is 1. The highest BCUT2D eigenvalue weighted by atomic mass is 16.5. The molecule has 0 unspecified atom stereocenters. The van der Waals surface area contributed by atoms with Crippen molar-refractivity contribution >= 4 is 11.6 Å². The fourth-order valence-electron chi connectivity index (χ4n) is 2.59. The van der Waals surface area contributed by atoms with Crippen molar-refractivity contribution in [2.45, 2.75) is 40.3 Å². The highest BCUT2D eigenvalue weighted by Crippen LogP contribution is 2.25. The number of benzene rings is 2. The summed E-state index contributed by atoms with van der Waals surface area (Å²) in [4.78, 5) is 14.9. The number of rotatable bonds is 8. The normalized spacial score (nSPS) is 11.0. The summed E-state index contributed by atoms with van der Waals surface area (Å²) < 4.78 is 5.75. The number of carbonyl (C=O) groups excluding carboxylic acids is 1. The van der Waals surface area contributed by atoms with Crippen LogP contribution in [-0.2, 0) is 6.54 Å². The fourth-order valence-corrected chi connectivity index (χ4v) is 2.59. The van der Waals surface area contributed by atoms with Crippen molar-refractivity contribution < 1.29 is 9.53 Å². The molecule has 0 heterocycles. The summed E-state index contributed by atoms with van der Waals surface area (Å²) in [5, 5.41) is 2.94. The van der Waals surface area contributed by atoms with Crippen molar-refractivity contribution in [1.82, 2.24) is 4.90 Å². The first-order chi connectivity index (χ1) is 12.0. The largest absolute Gasteiger partial charge is 0.489 e. The van der Waals surface area contributed by atoms with Crippen molar-refractivity contribution in [3.63, 3.8) is 0 Å². The van der Waals surface area contributed by atoms with Gasteiger partial charge >= 0.3 is 0 Å². The minimum Gasteiger partial charge on any atom is -0.489 e. The molecule has 4 heteroatoms. The Morgan fingerprint density at radius 3 is 2.28 bits per heavy atom. The number of carbonyl (C=O) groups is 1. The number of hydrogen-bond donors (Lipinski definition) is 1. The van der Waals surface area contributed by atoms with Gasteiger partial charge in [0.15, 0.2) is 0 Å². The molecule has 1 amide bonds. The minimum absolute atomic E-state index is 0.0532. The first-order valence-electron chi connectivity index (χ1n) is 8.91. The summed E-state index contributed by atoms with van der Waals surface area (Å²) in [6.45, 7) is 11.2. The average molecular weight is 340 g/mol. The summed E-state index contributed by atoms with van der Waals surface area (Å²) in [6, 6.07) is 15.3. The summed E-state index contributed by atoms with van der Waals surface area (Å²) in [5.41, 5.74) is 2.54. The van der Waals surface area contributed by atoms with E-state index in [2.05, 4.69) is 24.1 Å². The molecule has 0 atom stereocenters. The van der Waals surface area contributed by atoms with Crippen LogP contribution in [0.25, 0.3) is 0 Å². The Hall–Kier alpha value is -2.33. The number of anilines is 1.